The lowest BCUT2D eigenvalue weighted by atomic mass is 10.4. The summed E-state index contributed by atoms with van der Waals surface area (Å²) in [5.74, 6) is 1.11. The van der Waals surface area contributed by atoms with Crippen LogP contribution in [0.4, 0.5) is 4.79 Å². The molecule has 0 aliphatic rings. The minimum atomic E-state index is -0.228. The number of rotatable bonds is 3. The third-order valence-corrected chi connectivity index (χ3v) is 1.92. The number of hydrogen-bond acceptors (Lipinski definition) is 5. The van der Waals surface area contributed by atoms with E-state index < -0.39 is 0 Å². The number of amides is 1. The largest absolute Gasteiger partial charge is 0.339 e. The van der Waals surface area contributed by atoms with Crippen LogP contribution in [0.3, 0.4) is 0 Å². The number of carbonyl (C=O) groups excluding carboxylic acids is 1. The van der Waals surface area contributed by atoms with E-state index in [4.69, 9.17) is 4.52 Å². The van der Waals surface area contributed by atoms with Gasteiger partial charge in [0.15, 0.2) is 5.82 Å². The Morgan fingerprint density at radius 3 is 3.12 bits per heavy atom. The fourth-order valence-electron chi connectivity index (χ4n) is 1.19. The van der Waals surface area contributed by atoms with Crippen molar-refractivity contribution in [1.82, 2.24) is 25.0 Å². The maximum absolute atomic E-state index is 11.4. The van der Waals surface area contributed by atoms with Crippen LogP contribution < -0.4 is 5.32 Å². The van der Waals surface area contributed by atoms with Gasteiger partial charge in [0, 0.05) is 25.4 Å². The topological polar surface area (TPSA) is 85.8 Å². The molecule has 2 rings (SSSR count). The highest BCUT2D eigenvalue weighted by Gasteiger charge is 2.05. The quantitative estimate of drug-likeness (QED) is 0.809. The molecule has 0 aliphatic carbocycles. The van der Waals surface area contributed by atoms with E-state index in [1.54, 1.807) is 19.3 Å². The van der Waals surface area contributed by atoms with Gasteiger partial charge in [-0.3, -0.25) is 4.57 Å². The Hall–Kier alpha value is -2.18. The average molecular weight is 221 g/mol. The van der Waals surface area contributed by atoms with Crippen molar-refractivity contribution in [2.24, 2.45) is 0 Å². The summed E-state index contributed by atoms with van der Waals surface area (Å²) in [6.07, 6.45) is 5.07. The summed E-state index contributed by atoms with van der Waals surface area (Å²) in [5.41, 5.74) is 0. The lowest BCUT2D eigenvalue weighted by Crippen LogP contribution is -2.29. The number of nitrogens with one attached hydrogen (secondary N) is 1. The van der Waals surface area contributed by atoms with Gasteiger partial charge in [0.2, 0.25) is 5.89 Å². The summed E-state index contributed by atoms with van der Waals surface area (Å²) >= 11 is 0. The highest BCUT2D eigenvalue weighted by Crippen LogP contribution is 1.95. The van der Waals surface area contributed by atoms with Crippen LogP contribution in [0.1, 0.15) is 11.7 Å². The zero-order valence-corrected chi connectivity index (χ0v) is 8.75. The van der Waals surface area contributed by atoms with Gasteiger partial charge in [0.1, 0.15) is 6.33 Å². The van der Waals surface area contributed by atoms with Crippen LogP contribution in [0.2, 0.25) is 0 Å². The van der Waals surface area contributed by atoms with E-state index in [0.29, 0.717) is 24.7 Å². The van der Waals surface area contributed by atoms with E-state index in [0.717, 1.165) is 0 Å². The van der Waals surface area contributed by atoms with Gasteiger partial charge in [0.05, 0.1) is 0 Å². The van der Waals surface area contributed by atoms with Crippen molar-refractivity contribution in [2.75, 3.05) is 6.54 Å². The fourth-order valence-corrected chi connectivity index (χ4v) is 1.19. The Morgan fingerprint density at radius 1 is 1.62 bits per heavy atom. The fraction of sp³-hybridized carbons (Fsp3) is 0.333. The molecule has 1 amide bonds. The summed E-state index contributed by atoms with van der Waals surface area (Å²) in [6.45, 7) is 2.19. The number of aryl methyl sites for hydroxylation is 1. The zero-order valence-electron chi connectivity index (χ0n) is 8.75. The van der Waals surface area contributed by atoms with Crippen LogP contribution in [-0.2, 0) is 6.42 Å². The van der Waals surface area contributed by atoms with E-state index in [1.165, 1.54) is 10.9 Å². The molecule has 0 atom stereocenters. The van der Waals surface area contributed by atoms with E-state index in [1.807, 2.05) is 0 Å². The van der Waals surface area contributed by atoms with E-state index in [-0.39, 0.29) is 6.03 Å². The molecule has 84 valence electrons. The minimum Gasteiger partial charge on any atom is -0.339 e. The van der Waals surface area contributed by atoms with Crippen molar-refractivity contribution in [2.45, 2.75) is 13.3 Å². The molecule has 7 nitrogen and oxygen atoms in total. The lowest BCUT2D eigenvalue weighted by molar-refractivity contribution is 0.242. The smallest absolute Gasteiger partial charge is 0.326 e. The molecular weight excluding hydrogens is 210 g/mol. The van der Waals surface area contributed by atoms with Gasteiger partial charge >= 0.3 is 6.03 Å². The molecule has 0 aliphatic heterocycles. The first-order valence-corrected chi connectivity index (χ1v) is 4.81. The number of aromatic nitrogens is 4. The van der Waals surface area contributed by atoms with Crippen molar-refractivity contribution in [3.05, 3.63) is 30.4 Å². The zero-order chi connectivity index (χ0) is 11.4. The van der Waals surface area contributed by atoms with Crippen molar-refractivity contribution in [3.8, 4) is 0 Å². The number of imidazole rings is 1. The number of carbonyl (C=O) groups is 1. The molecule has 1 N–H and O–H groups in total. The summed E-state index contributed by atoms with van der Waals surface area (Å²) in [6, 6.07) is -0.228. The molecule has 2 aromatic rings. The van der Waals surface area contributed by atoms with E-state index in [2.05, 4.69) is 20.4 Å². The second-order valence-corrected chi connectivity index (χ2v) is 3.19. The maximum atomic E-state index is 11.4. The minimum absolute atomic E-state index is 0.228. The summed E-state index contributed by atoms with van der Waals surface area (Å²) < 4.78 is 6.27. The molecule has 0 bridgehead atoms. The first-order chi connectivity index (χ1) is 7.75. The van der Waals surface area contributed by atoms with Gasteiger partial charge in [-0.1, -0.05) is 5.16 Å². The third-order valence-electron chi connectivity index (χ3n) is 1.92. The van der Waals surface area contributed by atoms with Gasteiger partial charge in [-0.15, -0.1) is 0 Å². The second kappa shape index (κ2) is 4.56. The van der Waals surface area contributed by atoms with Crippen LogP contribution in [-0.4, -0.2) is 32.3 Å². The van der Waals surface area contributed by atoms with Gasteiger partial charge in [0.25, 0.3) is 0 Å². The standard InChI is InChI=1S/C9H11N5O2/c1-7-12-8(16-13-7)2-3-11-9(15)14-5-4-10-6-14/h4-6H,2-3H2,1H3,(H,11,15). The molecule has 0 radical (unpaired) electrons. The molecular formula is C9H11N5O2. The summed E-state index contributed by atoms with van der Waals surface area (Å²) in [5, 5.41) is 6.35. The third kappa shape index (κ3) is 2.44. The molecule has 2 heterocycles. The highest BCUT2D eigenvalue weighted by molar-refractivity contribution is 5.76. The van der Waals surface area contributed by atoms with Crippen molar-refractivity contribution < 1.29 is 9.32 Å². The molecule has 0 aromatic carbocycles. The van der Waals surface area contributed by atoms with Gasteiger partial charge in [-0.2, -0.15) is 4.98 Å². The predicted molar refractivity (Wildman–Crippen MR) is 53.8 cm³/mol. The van der Waals surface area contributed by atoms with E-state index >= 15 is 0 Å². The monoisotopic (exact) mass is 221 g/mol. The normalized spacial score (nSPS) is 10.3. The maximum Gasteiger partial charge on any atom is 0.326 e. The van der Waals surface area contributed by atoms with Gasteiger partial charge in [-0.25, -0.2) is 9.78 Å². The molecule has 0 saturated heterocycles. The van der Waals surface area contributed by atoms with Crippen LogP contribution in [0.15, 0.2) is 23.2 Å². The van der Waals surface area contributed by atoms with Crippen LogP contribution in [0.25, 0.3) is 0 Å². The molecule has 2 aromatic heterocycles. The predicted octanol–water partition coefficient (Wildman–Crippen LogP) is 0.375. The van der Waals surface area contributed by atoms with Crippen molar-refractivity contribution in [1.29, 1.82) is 0 Å². The molecule has 0 spiro atoms. The first-order valence-electron chi connectivity index (χ1n) is 4.81. The summed E-state index contributed by atoms with van der Waals surface area (Å²) in [4.78, 5) is 19.2. The molecule has 0 unspecified atom stereocenters. The Labute approximate surface area is 91.5 Å². The van der Waals surface area contributed by atoms with Crippen molar-refractivity contribution in [3.63, 3.8) is 0 Å². The van der Waals surface area contributed by atoms with Crippen molar-refractivity contribution >= 4 is 6.03 Å². The van der Waals surface area contributed by atoms with E-state index in [9.17, 15) is 4.79 Å². The summed E-state index contributed by atoms with van der Waals surface area (Å²) in [7, 11) is 0. The van der Waals surface area contributed by atoms with Crippen LogP contribution >= 0.6 is 0 Å². The molecule has 7 heteroatoms. The molecule has 0 saturated carbocycles. The van der Waals surface area contributed by atoms with Crippen LogP contribution in [0, 0.1) is 6.92 Å². The van der Waals surface area contributed by atoms with Gasteiger partial charge in [-0.05, 0) is 6.92 Å². The number of hydrogen-bond donors (Lipinski definition) is 1. The highest BCUT2D eigenvalue weighted by atomic mass is 16.5. The molecule has 0 fully saturated rings. The van der Waals surface area contributed by atoms with Gasteiger partial charge < -0.3 is 9.84 Å². The average Bonchev–Trinajstić information content (AvgIpc) is 2.89. The van der Waals surface area contributed by atoms with Crippen LogP contribution in [0.5, 0.6) is 0 Å². The SMILES string of the molecule is Cc1noc(CCNC(=O)n2ccnc2)n1. The Bertz CT molecular complexity index is 462. The Kier molecular flexibility index (Phi) is 2.95. The second-order valence-electron chi connectivity index (χ2n) is 3.19. The lowest BCUT2D eigenvalue weighted by Gasteiger charge is -2.02. The molecule has 16 heavy (non-hydrogen) atoms. The number of nitrogens with zero attached hydrogens (tertiary/aromatic N) is 4. The Balaban J connectivity index is 1.78. The Morgan fingerprint density at radius 2 is 2.50 bits per heavy atom. The first kappa shape index (κ1) is 10.3.